The molecule has 0 fully saturated rings. The van der Waals surface area contributed by atoms with Gasteiger partial charge in [-0.25, -0.2) is 0 Å². The first-order valence-electron chi connectivity index (χ1n) is 6.45. The van der Waals surface area contributed by atoms with Crippen molar-refractivity contribution in [1.82, 2.24) is 0 Å². The van der Waals surface area contributed by atoms with Crippen LogP contribution in [0.25, 0.3) is 0 Å². The van der Waals surface area contributed by atoms with Gasteiger partial charge in [-0.2, -0.15) is 0 Å². The monoisotopic (exact) mass is 276 g/mol. The van der Waals surface area contributed by atoms with Crippen LogP contribution < -0.4 is 14.8 Å². The average molecular weight is 276 g/mol. The fourth-order valence-corrected chi connectivity index (χ4v) is 3.55. The first-order valence-corrected chi connectivity index (χ1v) is 7.33. The van der Waals surface area contributed by atoms with E-state index in [0.717, 1.165) is 24.5 Å². The highest BCUT2D eigenvalue weighted by atomic mass is 32.1. The number of rotatable bonds is 3. The maximum absolute atomic E-state index is 5.43. The minimum absolute atomic E-state index is 0.392. The molecule has 0 bridgehead atoms. The van der Waals surface area contributed by atoms with Crippen molar-refractivity contribution in [2.45, 2.75) is 12.5 Å². The number of hydrogen-bond donors (Lipinski definition) is 1. The highest BCUT2D eigenvalue weighted by Gasteiger charge is 2.27. The van der Waals surface area contributed by atoms with E-state index in [0.29, 0.717) is 6.04 Å². The van der Waals surface area contributed by atoms with Crippen molar-refractivity contribution in [3.05, 3.63) is 45.6 Å². The van der Waals surface area contributed by atoms with Gasteiger partial charge in [0.2, 0.25) is 0 Å². The number of fused-ring (bicyclic) bond motifs is 1. The summed E-state index contributed by atoms with van der Waals surface area (Å²) in [6.45, 7) is 1.12. The Bertz CT molecular complexity index is 566. The maximum atomic E-state index is 5.43. The van der Waals surface area contributed by atoms with Crippen LogP contribution in [0.4, 0.5) is 0 Å². The Hall–Kier alpha value is -1.52. The van der Waals surface area contributed by atoms with Crippen molar-refractivity contribution in [1.29, 1.82) is 0 Å². The molecule has 0 amide bonds. The molecule has 1 aromatic carbocycles. The Balaban J connectivity index is 2.08. The number of hydrogen-bond acceptors (Lipinski definition) is 3. The predicted octanol–water partition coefficient (Wildman–Crippen LogP) is 1.97. The molecule has 0 radical (unpaired) electrons. The number of methoxy groups -OCH3 is 2. The van der Waals surface area contributed by atoms with Crippen molar-refractivity contribution in [2.75, 3.05) is 20.8 Å². The Kier molecular flexibility index (Phi) is 3.44. The second kappa shape index (κ2) is 5.23. The number of thiophene rings is 1. The van der Waals surface area contributed by atoms with Gasteiger partial charge in [0.25, 0.3) is 0 Å². The average Bonchev–Trinajstić information content (AvgIpc) is 2.99. The number of benzene rings is 1. The lowest BCUT2D eigenvalue weighted by atomic mass is 9.93. The molecule has 19 heavy (non-hydrogen) atoms. The molecule has 1 aromatic heterocycles. The van der Waals surface area contributed by atoms with Crippen molar-refractivity contribution >= 4 is 11.3 Å². The van der Waals surface area contributed by atoms with Gasteiger partial charge in [0.05, 0.1) is 25.6 Å². The maximum Gasteiger partial charge on any atom is 0.161 e. The molecule has 3 nitrogen and oxygen atoms in total. The van der Waals surface area contributed by atoms with E-state index in [4.69, 9.17) is 9.47 Å². The highest BCUT2D eigenvalue weighted by molar-refractivity contribution is 7.10. The van der Waals surface area contributed by atoms with Crippen LogP contribution in [0.3, 0.4) is 0 Å². The normalized spacial score (nSPS) is 17.9. The fourth-order valence-electron chi connectivity index (χ4n) is 2.71. The van der Waals surface area contributed by atoms with E-state index in [2.05, 4.69) is 35.0 Å². The van der Waals surface area contributed by atoms with Gasteiger partial charge >= 0.3 is 0 Å². The van der Waals surface area contributed by atoms with Crippen molar-refractivity contribution in [3.63, 3.8) is 0 Å². The van der Waals surface area contributed by atoms with E-state index in [-0.39, 0.29) is 0 Å². The Labute approximate surface area is 117 Å². The van der Waals surface area contributed by atoms with Gasteiger partial charge in [0, 0.05) is 12.0 Å². The van der Waals surface area contributed by atoms with Crippen molar-refractivity contribution in [2.24, 2.45) is 0 Å². The van der Waals surface area contributed by atoms with E-state index in [1.54, 1.807) is 14.2 Å². The third-order valence-corrected chi connectivity index (χ3v) is 4.60. The summed E-state index contributed by atoms with van der Waals surface area (Å²) in [5.41, 5.74) is 2.73. The minimum Gasteiger partial charge on any atom is -0.493 e. The lowest BCUT2D eigenvalue weighted by molar-refractivity contribution is -0.689. The van der Waals surface area contributed by atoms with E-state index < -0.39 is 0 Å². The molecule has 2 N–H and O–H groups in total. The summed E-state index contributed by atoms with van der Waals surface area (Å²) in [5.74, 6) is 1.64. The Morgan fingerprint density at radius 1 is 1.21 bits per heavy atom. The molecule has 3 rings (SSSR count). The van der Waals surface area contributed by atoms with Crippen LogP contribution in [0.15, 0.2) is 29.6 Å². The van der Waals surface area contributed by atoms with E-state index in [1.807, 2.05) is 11.3 Å². The summed E-state index contributed by atoms with van der Waals surface area (Å²) in [5, 5.41) is 4.54. The Morgan fingerprint density at radius 3 is 2.68 bits per heavy atom. The van der Waals surface area contributed by atoms with Gasteiger partial charge in [0.1, 0.15) is 6.04 Å². The van der Waals surface area contributed by atoms with Crippen LogP contribution in [0.2, 0.25) is 0 Å². The summed E-state index contributed by atoms with van der Waals surface area (Å²) >= 11 is 1.81. The third-order valence-electron chi connectivity index (χ3n) is 3.65. The predicted molar refractivity (Wildman–Crippen MR) is 76.2 cm³/mol. The van der Waals surface area contributed by atoms with Gasteiger partial charge < -0.3 is 14.8 Å². The molecule has 100 valence electrons. The van der Waals surface area contributed by atoms with E-state index >= 15 is 0 Å². The second-order valence-corrected chi connectivity index (χ2v) is 5.65. The van der Waals surface area contributed by atoms with Crippen molar-refractivity contribution in [3.8, 4) is 11.5 Å². The highest BCUT2D eigenvalue weighted by Crippen LogP contribution is 2.36. The number of quaternary nitrogens is 1. The quantitative estimate of drug-likeness (QED) is 0.930. The SMILES string of the molecule is COc1cc2c(cc1OC)[C@@H](c1cccs1)[NH2+]CC2. The molecule has 2 heterocycles. The van der Waals surface area contributed by atoms with Crippen LogP contribution in [0.1, 0.15) is 22.0 Å². The van der Waals surface area contributed by atoms with Crippen LogP contribution in [0.5, 0.6) is 11.5 Å². The standard InChI is InChI=1S/C15H17NO2S/c1-17-12-8-10-5-6-16-15(14-4-3-7-19-14)11(10)9-13(12)18-2/h3-4,7-9,15-16H,5-6H2,1-2H3/p+1/t15-/m0/s1. The molecule has 1 atom stereocenters. The summed E-state index contributed by atoms with van der Waals surface area (Å²) in [4.78, 5) is 1.40. The van der Waals surface area contributed by atoms with Crippen LogP contribution in [0, 0.1) is 0 Å². The molecule has 1 aliphatic heterocycles. The summed E-state index contributed by atoms with van der Waals surface area (Å²) in [6, 6.07) is 8.97. The smallest absolute Gasteiger partial charge is 0.161 e. The molecule has 2 aromatic rings. The van der Waals surface area contributed by atoms with Gasteiger partial charge in [-0.3, -0.25) is 0 Å². The van der Waals surface area contributed by atoms with E-state index in [1.165, 1.54) is 16.0 Å². The zero-order chi connectivity index (χ0) is 13.2. The zero-order valence-electron chi connectivity index (χ0n) is 11.2. The molecule has 0 unspecified atom stereocenters. The van der Waals surface area contributed by atoms with Gasteiger partial charge in [-0.05, 0) is 29.1 Å². The molecule has 1 aliphatic rings. The lowest BCUT2D eigenvalue weighted by Crippen LogP contribution is -2.87. The molecular weight excluding hydrogens is 258 g/mol. The van der Waals surface area contributed by atoms with Gasteiger partial charge in [-0.15, -0.1) is 11.3 Å². The molecule has 0 aliphatic carbocycles. The first-order chi connectivity index (χ1) is 9.33. The second-order valence-electron chi connectivity index (χ2n) is 4.67. The van der Waals surface area contributed by atoms with Gasteiger partial charge in [0.15, 0.2) is 11.5 Å². The summed E-state index contributed by atoms with van der Waals surface area (Å²) in [6.07, 6.45) is 1.08. The topological polar surface area (TPSA) is 35.1 Å². The largest absolute Gasteiger partial charge is 0.493 e. The number of nitrogens with two attached hydrogens (primary N) is 1. The van der Waals surface area contributed by atoms with Crippen molar-refractivity contribution < 1.29 is 14.8 Å². The summed E-state index contributed by atoms with van der Waals surface area (Å²) in [7, 11) is 3.38. The molecule has 0 saturated heterocycles. The van der Waals surface area contributed by atoms with Crippen LogP contribution in [-0.2, 0) is 6.42 Å². The number of ether oxygens (including phenoxy) is 2. The molecule has 4 heteroatoms. The lowest BCUT2D eigenvalue weighted by Gasteiger charge is -2.24. The minimum atomic E-state index is 0.392. The van der Waals surface area contributed by atoms with Crippen LogP contribution in [-0.4, -0.2) is 20.8 Å². The third kappa shape index (κ3) is 2.22. The molecule has 0 saturated carbocycles. The fraction of sp³-hybridized carbons (Fsp3) is 0.333. The molecular formula is C15H18NO2S+. The first kappa shape index (κ1) is 12.5. The molecule has 0 spiro atoms. The van der Waals surface area contributed by atoms with Crippen LogP contribution >= 0.6 is 11.3 Å². The van der Waals surface area contributed by atoms with E-state index in [9.17, 15) is 0 Å². The zero-order valence-corrected chi connectivity index (χ0v) is 12.0. The Morgan fingerprint density at radius 2 is 2.00 bits per heavy atom. The van der Waals surface area contributed by atoms with Gasteiger partial charge in [-0.1, -0.05) is 6.07 Å². The summed E-state index contributed by atoms with van der Waals surface area (Å²) < 4.78 is 10.8.